The number of amides is 2. The first-order chi connectivity index (χ1) is 15.5. The number of aliphatic hydroxyl groups is 1. The minimum Gasteiger partial charge on any atom is -0.395 e. The topological polar surface area (TPSA) is 85.8 Å². The molecule has 2 N–H and O–H groups in total. The second kappa shape index (κ2) is 10.2. The van der Waals surface area contributed by atoms with Gasteiger partial charge in [-0.05, 0) is 43.5 Å². The smallest absolute Gasteiger partial charge is 0.253 e. The van der Waals surface area contributed by atoms with Gasteiger partial charge in [0.1, 0.15) is 5.82 Å². The molecule has 2 atom stereocenters. The highest BCUT2D eigenvalue weighted by atomic mass is 19.1. The largest absolute Gasteiger partial charge is 0.395 e. The summed E-state index contributed by atoms with van der Waals surface area (Å²) in [5.74, 6) is -0.424. The molecule has 32 heavy (non-hydrogen) atoms. The van der Waals surface area contributed by atoms with Crippen LogP contribution in [0.15, 0.2) is 42.6 Å². The van der Waals surface area contributed by atoms with Crippen LogP contribution in [-0.4, -0.2) is 77.1 Å². The van der Waals surface area contributed by atoms with E-state index in [0.717, 1.165) is 25.9 Å². The fourth-order valence-corrected chi connectivity index (χ4v) is 4.54. The SMILES string of the molecule is O=C(N[C@@H]1CC[C@H](C(=O)N2CCN(CCO)CC2)C1)c1ccc(-c2cccc(F)c2)nc1. The number of piperazine rings is 1. The zero-order chi connectivity index (χ0) is 22.5. The van der Waals surface area contributed by atoms with Crippen LogP contribution in [0.25, 0.3) is 11.3 Å². The fraction of sp³-hybridized carbons (Fsp3) is 0.458. The second-order valence-corrected chi connectivity index (χ2v) is 8.51. The van der Waals surface area contributed by atoms with Crippen molar-refractivity contribution in [2.45, 2.75) is 25.3 Å². The highest BCUT2D eigenvalue weighted by Crippen LogP contribution is 2.28. The Hall–Kier alpha value is -2.84. The summed E-state index contributed by atoms with van der Waals surface area (Å²) in [6.07, 6.45) is 3.70. The Kier molecular flexibility index (Phi) is 7.12. The molecule has 0 unspecified atom stereocenters. The highest BCUT2D eigenvalue weighted by molar-refractivity contribution is 5.94. The highest BCUT2D eigenvalue weighted by Gasteiger charge is 2.34. The van der Waals surface area contributed by atoms with E-state index in [1.165, 1.54) is 18.3 Å². The lowest BCUT2D eigenvalue weighted by Crippen LogP contribution is -2.50. The molecule has 8 heteroatoms. The Morgan fingerprint density at radius 3 is 2.62 bits per heavy atom. The standard InChI is InChI=1S/C24H29FN4O3/c25-20-3-1-2-17(14-20)22-7-5-19(16-26-22)23(31)27-21-6-4-18(15-21)24(32)29-10-8-28(9-11-29)12-13-30/h1-3,5,7,14,16,18,21,30H,4,6,8-13,15H2,(H,27,31)/t18-,21+/m0/s1. The molecular weight excluding hydrogens is 411 g/mol. The van der Waals surface area contributed by atoms with Gasteiger partial charge >= 0.3 is 0 Å². The van der Waals surface area contributed by atoms with Crippen molar-refractivity contribution in [2.75, 3.05) is 39.3 Å². The van der Waals surface area contributed by atoms with E-state index in [2.05, 4.69) is 15.2 Å². The first-order valence-corrected chi connectivity index (χ1v) is 11.2. The van der Waals surface area contributed by atoms with Gasteiger partial charge in [-0.1, -0.05) is 12.1 Å². The molecule has 2 fully saturated rings. The minimum atomic E-state index is -0.330. The number of β-amino-alcohol motifs (C(OH)–C–C–N with tert-alkyl or cyclic N) is 1. The zero-order valence-electron chi connectivity index (χ0n) is 18.0. The van der Waals surface area contributed by atoms with Crippen molar-refractivity contribution >= 4 is 11.8 Å². The van der Waals surface area contributed by atoms with Crippen molar-refractivity contribution in [3.63, 3.8) is 0 Å². The maximum absolute atomic E-state index is 13.4. The van der Waals surface area contributed by atoms with Crippen LogP contribution in [0.3, 0.4) is 0 Å². The molecule has 1 saturated heterocycles. The molecule has 1 saturated carbocycles. The van der Waals surface area contributed by atoms with Crippen LogP contribution in [0.4, 0.5) is 4.39 Å². The van der Waals surface area contributed by atoms with Gasteiger partial charge in [-0.15, -0.1) is 0 Å². The van der Waals surface area contributed by atoms with E-state index >= 15 is 0 Å². The number of aliphatic hydroxyl groups excluding tert-OH is 1. The number of aromatic nitrogens is 1. The second-order valence-electron chi connectivity index (χ2n) is 8.51. The zero-order valence-corrected chi connectivity index (χ0v) is 18.0. The fourth-order valence-electron chi connectivity index (χ4n) is 4.54. The summed E-state index contributed by atoms with van der Waals surface area (Å²) < 4.78 is 13.4. The Labute approximate surface area is 187 Å². The van der Waals surface area contributed by atoms with Gasteiger partial charge < -0.3 is 15.3 Å². The molecule has 1 aliphatic carbocycles. The average Bonchev–Trinajstić information content (AvgIpc) is 3.28. The molecule has 2 aromatic rings. The molecule has 7 nitrogen and oxygen atoms in total. The quantitative estimate of drug-likeness (QED) is 0.717. The van der Waals surface area contributed by atoms with Gasteiger partial charge in [-0.25, -0.2) is 4.39 Å². The molecule has 0 spiro atoms. The van der Waals surface area contributed by atoms with E-state index < -0.39 is 0 Å². The Bertz CT molecular complexity index is 945. The summed E-state index contributed by atoms with van der Waals surface area (Å²) in [4.78, 5) is 33.9. The van der Waals surface area contributed by atoms with Gasteiger partial charge in [-0.3, -0.25) is 19.5 Å². The van der Waals surface area contributed by atoms with E-state index in [4.69, 9.17) is 5.11 Å². The summed E-state index contributed by atoms with van der Waals surface area (Å²) in [7, 11) is 0. The summed E-state index contributed by atoms with van der Waals surface area (Å²) in [5, 5.41) is 12.1. The molecule has 1 aromatic carbocycles. The van der Waals surface area contributed by atoms with Crippen molar-refractivity contribution in [1.82, 2.24) is 20.1 Å². The summed E-state index contributed by atoms with van der Waals surface area (Å²) in [6, 6.07) is 9.54. The van der Waals surface area contributed by atoms with Crippen LogP contribution in [0.2, 0.25) is 0 Å². The van der Waals surface area contributed by atoms with Crippen LogP contribution in [0.5, 0.6) is 0 Å². The third-order valence-corrected chi connectivity index (χ3v) is 6.36. The summed E-state index contributed by atoms with van der Waals surface area (Å²) in [5.41, 5.74) is 1.71. The maximum Gasteiger partial charge on any atom is 0.253 e. The lowest BCUT2D eigenvalue weighted by molar-refractivity contribution is -0.137. The van der Waals surface area contributed by atoms with E-state index in [1.807, 2.05) is 4.90 Å². The first kappa shape index (κ1) is 22.4. The molecule has 2 heterocycles. The molecule has 1 aliphatic heterocycles. The number of benzene rings is 1. The Morgan fingerprint density at radius 2 is 1.94 bits per heavy atom. The Balaban J connectivity index is 1.28. The van der Waals surface area contributed by atoms with Crippen molar-refractivity contribution in [3.8, 4) is 11.3 Å². The monoisotopic (exact) mass is 440 g/mol. The minimum absolute atomic E-state index is 0.0324. The van der Waals surface area contributed by atoms with Crippen molar-refractivity contribution in [1.29, 1.82) is 0 Å². The van der Waals surface area contributed by atoms with Crippen molar-refractivity contribution < 1.29 is 19.1 Å². The number of hydrogen-bond acceptors (Lipinski definition) is 5. The van der Waals surface area contributed by atoms with Crippen LogP contribution >= 0.6 is 0 Å². The van der Waals surface area contributed by atoms with Gasteiger partial charge in [0, 0.05) is 56.4 Å². The predicted octanol–water partition coefficient (Wildman–Crippen LogP) is 1.92. The Morgan fingerprint density at radius 1 is 1.12 bits per heavy atom. The molecule has 0 bridgehead atoms. The number of pyridine rings is 1. The normalized spacial score (nSPS) is 21.5. The van der Waals surface area contributed by atoms with Gasteiger partial charge in [-0.2, -0.15) is 0 Å². The molecule has 2 aliphatic rings. The van der Waals surface area contributed by atoms with Gasteiger partial charge in [0.15, 0.2) is 0 Å². The molecule has 2 amide bonds. The molecular formula is C24H29FN4O3. The number of carbonyl (C=O) groups is 2. The molecule has 4 rings (SSSR count). The van der Waals surface area contributed by atoms with E-state index in [9.17, 15) is 14.0 Å². The first-order valence-electron chi connectivity index (χ1n) is 11.2. The van der Waals surface area contributed by atoms with Crippen LogP contribution < -0.4 is 5.32 Å². The van der Waals surface area contributed by atoms with Crippen LogP contribution in [0.1, 0.15) is 29.6 Å². The lowest BCUT2D eigenvalue weighted by atomic mass is 10.1. The van der Waals surface area contributed by atoms with Crippen LogP contribution in [-0.2, 0) is 4.79 Å². The van der Waals surface area contributed by atoms with Crippen molar-refractivity contribution in [2.24, 2.45) is 5.92 Å². The number of hydrogen-bond donors (Lipinski definition) is 2. The number of halogens is 1. The third-order valence-electron chi connectivity index (χ3n) is 6.36. The summed E-state index contributed by atoms with van der Waals surface area (Å²) in [6.45, 7) is 3.75. The summed E-state index contributed by atoms with van der Waals surface area (Å²) >= 11 is 0. The molecule has 1 aromatic heterocycles. The number of rotatable bonds is 6. The average molecular weight is 441 g/mol. The van der Waals surface area contributed by atoms with E-state index in [0.29, 0.717) is 42.9 Å². The third kappa shape index (κ3) is 5.31. The van der Waals surface area contributed by atoms with Crippen molar-refractivity contribution in [3.05, 3.63) is 54.0 Å². The molecule has 0 radical (unpaired) electrons. The van der Waals surface area contributed by atoms with Gasteiger partial charge in [0.25, 0.3) is 5.91 Å². The van der Waals surface area contributed by atoms with Crippen LogP contribution in [0, 0.1) is 11.7 Å². The lowest BCUT2D eigenvalue weighted by Gasteiger charge is -2.35. The number of nitrogens with zero attached hydrogens (tertiary/aromatic N) is 3. The number of nitrogens with one attached hydrogen (secondary N) is 1. The number of carbonyl (C=O) groups excluding carboxylic acids is 2. The van der Waals surface area contributed by atoms with Gasteiger partial charge in [0.2, 0.25) is 5.91 Å². The predicted molar refractivity (Wildman–Crippen MR) is 118 cm³/mol. The maximum atomic E-state index is 13.4. The van der Waals surface area contributed by atoms with E-state index in [-0.39, 0.29) is 36.2 Å². The molecule has 170 valence electrons. The van der Waals surface area contributed by atoms with Gasteiger partial charge in [0.05, 0.1) is 17.9 Å². The van der Waals surface area contributed by atoms with E-state index in [1.54, 1.807) is 24.3 Å².